The molecule has 1 N–H and O–H groups in total. The van der Waals surface area contributed by atoms with Crippen LogP contribution in [0.15, 0.2) is 59.0 Å². The molecule has 5 heteroatoms. The number of hydrogen-bond donors (Lipinski definition) is 1. The zero-order valence-corrected chi connectivity index (χ0v) is 14.0. The average Bonchev–Trinajstić information content (AvgIpc) is 2.98. The van der Waals surface area contributed by atoms with Gasteiger partial charge in [-0.15, -0.1) is 0 Å². The summed E-state index contributed by atoms with van der Waals surface area (Å²) in [6.07, 6.45) is 0.725. The number of esters is 1. The summed E-state index contributed by atoms with van der Waals surface area (Å²) in [5.41, 5.74) is 2.47. The highest BCUT2D eigenvalue weighted by Crippen LogP contribution is 2.25. The molecule has 0 saturated heterocycles. The number of amides is 1. The van der Waals surface area contributed by atoms with Crippen molar-refractivity contribution in [3.05, 3.63) is 71.5 Å². The van der Waals surface area contributed by atoms with Crippen LogP contribution in [0.4, 0.5) is 0 Å². The minimum Gasteiger partial charge on any atom is -0.450 e. The molecule has 3 rings (SSSR count). The van der Waals surface area contributed by atoms with Gasteiger partial charge in [-0.1, -0.05) is 48.5 Å². The van der Waals surface area contributed by atoms with Crippen molar-refractivity contribution in [1.29, 1.82) is 0 Å². The van der Waals surface area contributed by atoms with Crippen LogP contribution < -0.4 is 5.32 Å². The maximum atomic E-state index is 12.1. The minimum absolute atomic E-state index is 0.137. The van der Waals surface area contributed by atoms with E-state index >= 15 is 0 Å². The molecule has 0 saturated carbocycles. The number of para-hydroxylation sites is 1. The van der Waals surface area contributed by atoms with E-state index in [0.717, 1.165) is 17.4 Å². The molecule has 128 valence electrons. The maximum absolute atomic E-state index is 12.1. The molecule has 0 aliphatic carbocycles. The fraction of sp³-hybridized carbons (Fsp3) is 0.200. The number of benzene rings is 2. The van der Waals surface area contributed by atoms with E-state index in [9.17, 15) is 9.59 Å². The highest BCUT2D eigenvalue weighted by Gasteiger charge is 2.19. The van der Waals surface area contributed by atoms with Crippen LogP contribution in [0.1, 0.15) is 21.7 Å². The van der Waals surface area contributed by atoms with Crippen LogP contribution in [0.25, 0.3) is 11.0 Å². The molecule has 2 aromatic carbocycles. The SMILES string of the molecule is Cc1c(C(=O)OCC(=O)NCCc2ccccc2)oc2ccccc12. The quantitative estimate of drug-likeness (QED) is 0.701. The first-order valence-corrected chi connectivity index (χ1v) is 8.11. The third kappa shape index (κ3) is 4.07. The standard InChI is InChI=1S/C20H19NO4/c1-14-16-9-5-6-10-17(16)25-19(14)20(23)24-13-18(22)21-12-11-15-7-3-2-4-8-15/h2-10H,11-13H2,1H3,(H,21,22). The topological polar surface area (TPSA) is 68.5 Å². The normalized spacial score (nSPS) is 10.6. The van der Waals surface area contributed by atoms with Crippen molar-refractivity contribution >= 4 is 22.8 Å². The van der Waals surface area contributed by atoms with Crippen molar-refractivity contribution < 1.29 is 18.7 Å². The third-order valence-corrected chi connectivity index (χ3v) is 3.94. The molecule has 0 aliphatic rings. The van der Waals surface area contributed by atoms with Gasteiger partial charge in [0, 0.05) is 17.5 Å². The van der Waals surface area contributed by atoms with Crippen LogP contribution in [-0.4, -0.2) is 25.0 Å². The molecule has 0 spiro atoms. The van der Waals surface area contributed by atoms with Gasteiger partial charge in [0.2, 0.25) is 5.76 Å². The second-order valence-corrected chi connectivity index (χ2v) is 5.71. The zero-order chi connectivity index (χ0) is 17.6. The lowest BCUT2D eigenvalue weighted by Gasteiger charge is -2.06. The van der Waals surface area contributed by atoms with Crippen molar-refractivity contribution in [3.63, 3.8) is 0 Å². The van der Waals surface area contributed by atoms with Crippen LogP contribution in [0.3, 0.4) is 0 Å². The lowest BCUT2D eigenvalue weighted by molar-refractivity contribution is -0.124. The largest absolute Gasteiger partial charge is 0.450 e. The summed E-state index contributed by atoms with van der Waals surface area (Å²) in [6, 6.07) is 17.2. The number of aryl methyl sites for hydroxylation is 1. The molecule has 25 heavy (non-hydrogen) atoms. The number of fused-ring (bicyclic) bond motifs is 1. The summed E-state index contributed by atoms with van der Waals surface area (Å²) in [4.78, 5) is 23.9. The molecule has 0 unspecified atom stereocenters. The third-order valence-electron chi connectivity index (χ3n) is 3.94. The Balaban J connectivity index is 1.49. The number of carbonyl (C=O) groups excluding carboxylic acids is 2. The molecule has 1 heterocycles. The summed E-state index contributed by atoms with van der Waals surface area (Å²) in [6.45, 7) is 1.95. The lowest BCUT2D eigenvalue weighted by atomic mass is 10.1. The zero-order valence-electron chi connectivity index (χ0n) is 14.0. The first-order valence-electron chi connectivity index (χ1n) is 8.11. The number of hydrogen-bond acceptors (Lipinski definition) is 4. The Morgan fingerprint density at radius 1 is 1.04 bits per heavy atom. The van der Waals surface area contributed by atoms with Gasteiger partial charge in [0.1, 0.15) is 5.58 Å². The van der Waals surface area contributed by atoms with E-state index in [1.165, 1.54) is 0 Å². The molecule has 0 atom stereocenters. The Kier molecular flexibility index (Phi) is 5.14. The summed E-state index contributed by atoms with van der Waals surface area (Å²) < 4.78 is 10.6. The van der Waals surface area contributed by atoms with Gasteiger partial charge < -0.3 is 14.5 Å². The van der Waals surface area contributed by atoms with Crippen LogP contribution in [0.2, 0.25) is 0 Å². The van der Waals surface area contributed by atoms with E-state index in [0.29, 0.717) is 17.7 Å². The van der Waals surface area contributed by atoms with E-state index in [4.69, 9.17) is 9.15 Å². The number of furan rings is 1. The van der Waals surface area contributed by atoms with Gasteiger partial charge in [-0.25, -0.2) is 4.79 Å². The molecule has 3 aromatic rings. The summed E-state index contributed by atoms with van der Waals surface area (Å²) in [5, 5.41) is 3.60. The van der Waals surface area contributed by atoms with Crippen molar-refractivity contribution in [2.45, 2.75) is 13.3 Å². The smallest absolute Gasteiger partial charge is 0.375 e. The summed E-state index contributed by atoms with van der Waals surface area (Å²) >= 11 is 0. The molecule has 1 aromatic heterocycles. The van der Waals surface area contributed by atoms with Gasteiger partial charge in [-0.2, -0.15) is 0 Å². The van der Waals surface area contributed by atoms with Gasteiger partial charge in [0.05, 0.1) is 0 Å². The highest BCUT2D eigenvalue weighted by atomic mass is 16.5. The maximum Gasteiger partial charge on any atom is 0.375 e. The van der Waals surface area contributed by atoms with E-state index in [1.54, 1.807) is 13.0 Å². The Bertz CT molecular complexity index is 883. The first kappa shape index (κ1) is 16.8. The first-order chi connectivity index (χ1) is 12.1. The predicted molar refractivity (Wildman–Crippen MR) is 94.4 cm³/mol. The summed E-state index contributed by atoms with van der Waals surface area (Å²) in [5.74, 6) is -0.830. The molecule has 1 amide bonds. The van der Waals surface area contributed by atoms with Crippen molar-refractivity contribution in [3.8, 4) is 0 Å². The van der Waals surface area contributed by atoms with E-state index in [2.05, 4.69) is 5.32 Å². The number of rotatable bonds is 6. The van der Waals surface area contributed by atoms with Crippen LogP contribution in [0.5, 0.6) is 0 Å². The van der Waals surface area contributed by atoms with Crippen molar-refractivity contribution in [2.75, 3.05) is 13.2 Å². The molecular formula is C20H19NO4. The molecule has 0 bridgehead atoms. The van der Waals surface area contributed by atoms with Crippen LogP contribution in [0, 0.1) is 6.92 Å². The fourth-order valence-corrected chi connectivity index (χ4v) is 2.61. The number of ether oxygens (including phenoxy) is 1. The molecule has 0 radical (unpaired) electrons. The Hall–Kier alpha value is -3.08. The van der Waals surface area contributed by atoms with E-state index in [-0.39, 0.29) is 18.3 Å². The van der Waals surface area contributed by atoms with Crippen molar-refractivity contribution in [1.82, 2.24) is 5.32 Å². The second kappa shape index (κ2) is 7.66. The Morgan fingerprint density at radius 2 is 1.76 bits per heavy atom. The van der Waals surface area contributed by atoms with Gasteiger partial charge in [0.15, 0.2) is 6.61 Å². The highest BCUT2D eigenvalue weighted by molar-refractivity contribution is 5.96. The number of nitrogens with one attached hydrogen (secondary N) is 1. The number of carbonyl (C=O) groups is 2. The summed E-state index contributed by atoms with van der Waals surface area (Å²) in [7, 11) is 0. The van der Waals surface area contributed by atoms with Gasteiger partial charge in [-0.05, 0) is 25.0 Å². The molecule has 0 fully saturated rings. The molecular weight excluding hydrogens is 318 g/mol. The fourth-order valence-electron chi connectivity index (χ4n) is 2.61. The van der Waals surface area contributed by atoms with E-state index < -0.39 is 5.97 Å². The van der Waals surface area contributed by atoms with Gasteiger partial charge in [0.25, 0.3) is 5.91 Å². The molecule has 0 aliphatic heterocycles. The van der Waals surface area contributed by atoms with Crippen LogP contribution >= 0.6 is 0 Å². The molecule has 5 nitrogen and oxygen atoms in total. The lowest BCUT2D eigenvalue weighted by Crippen LogP contribution is -2.30. The average molecular weight is 337 g/mol. The Morgan fingerprint density at radius 3 is 2.52 bits per heavy atom. The predicted octanol–water partition coefficient (Wildman–Crippen LogP) is 3.26. The Labute approximate surface area is 145 Å². The minimum atomic E-state index is -0.632. The van der Waals surface area contributed by atoms with Crippen molar-refractivity contribution in [2.24, 2.45) is 0 Å². The van der Waals surface area contributed by atoms with Crippen LogP contribution in [-0.2, 0) is 16.0 Å². The van der Waals surface area contributed by atoms with Gasteiger partial charge >= 0.3 is 5.97 Å². The van der Waals surface area contributed by atoms with Gasteiger partial charge in [-0.3, -0.25) is 4.79 Å². The second-order valence-electron chi connectivity index (χ2n) is 5.71. The van der Waals surface area contributed by atoms with E-state index in [1.807, 2.05) is 48.5 Å². The monoisotopic (exact) mass is 337 g/mol.